The van der Waals surface area contributed by atoms with Gasteiger partial charge < -0.3 is 34.3 Å². The van der Waals surface area contributed by atoms with Crippen molar-refractivity contribution in [3.63, 3.8) is 0 Å². The zero-order valence-corrected chi connectivity index (χ0v) is 18.8. The molecule has 0 saturated carbocycles. The third-order valence-electron chi connectivity index (χ3n) is 5.10. The van der Waals surface area contributed by atoms with Crippen molar-refractivity contribution >= 4 is 5.97 Å². The normalized spacial score (nSPS) is 14.9. The van der Waals surface area contributed by atoms with Gasteiger partial charge in [-0.05, 0) is 49.1 Å². The first kappa shape index (κ1) is 23.8. The number of carbonyl (C=O) groups is 1. The molecule has 2 aromatic carbocycles. The van der Waals surface area contributed by atoms with Crippen molar-refractivity contribution in [3.05, 3.63) is 46.5 Å². The molecule has 3 N–H and O–H groups in total. The maximum absolute atomic E-state index is 12.9. The summed E-state index contributed by atoms with van der Waals surface area (Å²) in [7, 11) is 1.43. The van der Waals surface area contributed by atoms with Gasteiger partial charge in [0.25, 0.3) is 0 Å². The van der Waals surface area contributed by atoms with E-state index in [0.717, 1.165) is 5.56 Å². The molecule has 0 aromatic heterocycles. The first-order valence-corrected chi connectivity index (χ1v) is 10.5. The molecular weight excluding hydrogens is 416 g/mol. The topological polar surface area (TPSA) is 115 Å². The molecule has 2 unspecified atom stereocenters. The number of aliphatic hydroxyl groups excluding tert-OH is 3. The Labute approximate surface area is 187 Å². The highest BCUT2D eigenvalue weighted by molar-refractivity contribution is 5.96. The number of ether oxygens (including phenoxy) is 4. The number of aliphatic hydroxyl groups is 3. The summed E-state index contributed by atoms with van der Waals surface area (Å²) in [5, 5.41) is 29.4. The molecule has 0 spiro atoms. The van der Waals surface area contributed by atoms with Gasteiger partial charge >= 0.3 is 5.97 Å². The van der Waals surface area contributed by atoms with Gasteiger partial charge in [0.05, 0.1) is 19.8 Å². The van der Waals surface area contributed by atoms with Crippen molar-refractivity contribution in [1.82, 2.24) is 0 Å². The molecule has 2 aromatic rings. The maximum atomic E-state index is 12.9. The molecule has 32 heavy (non-hydrogen) atoms. The quantitative estimate of drug-likeness (QED) is 0.530. The van der Waals surface area contributed by atoms with Crippen LogP contribution in [0.15, 0.2) is 24.3 Å². The van der Waals surface area contributed by atoms with E-state index in [0.29, 0.717) is 29.0 Å². The van der Waals surface area contributed by atoms with E-state index in [1.54, 1.807) is 18.2 Å². The molecule has 1 aliphatic rings. The number of benzene rings is 2. The lowest BCUT2D eigenvalue weighted by atomic mass is 9.96. The predicted molar refractivity (Wildman–Crippen MR) is 116 cm³/mol. The van der Waals surface area contributed by atoms with E-state index in [2.05, 4.69) is 0 Å². The van der Waals surface area contributed by atoms with Crippen LogP contribution in [0.1, 0.15) is 53.4 Å². The molecule has 0 amide bonds. The lowest BCUT2D eigenvalue weighted by molar-refractivity contribution is 0.0447. The fourth-order valence-corrected chi connectivity index (χ4v) is 3.62. The monoisotopic (exact) mass is 446 g/mol. The fraction of sp³-hybridized carbons (Fsp3) is 0.458. The van der Waals surface area contributed by atoms with E-state index < -0.39 is 24.8 Å². The van der Waals surface area contributed by atoms with E-state index >= 15 is 0 Å². The van der Waals surface area contributed by atoms with Crippen LogP contribution in [0.2, 0.25) is 0 Å². The summed E-state index contributed by atoms with van der Waals surface area (Å²) in [6.07, 6.45) is -1.37. The van der Waals surface area contributed by atoms with E-state index in [1.807, 2.05) is 26.8 Å². The van der Waals surface area contributed by atoms with Crippen molar-refractivity contribution < 1.29 is 39.1 Å². The molecule has 3 rings (SSSR count). The number of hydrogen-bond acceptors (Lipinski definition) is 8. The van der Waals surface area contributed by atoms with Crippen molar-refractivity contribution in [1.29, 1.82) is 0 Å². The summed E-state index contributed by atoms with van der Waals surface area (Å²) < 4.78 is 22.9. The smallest absolute Gasteiger partial charge is 0.346 e. The lowest BCUT2D eigenvalue weighted by Gasteiger charge is -2.24. The zero-order valence-electron chi connectivity index (χ0n) is 18.8. The number of esters is 1. The first-order chi connectivity index (χ1) is 15.2. The van der Waals surface area contributed by atoms with Crippen LogP contribution in [-0.4, -0.2) is 47.7 Å². The second-order valence-corrected chi connectivity index (χ2v) is 8.28. The van der Waals surface area contributed by atoms with Gasteiger partial charge in [0, 0.05) is 11.1 Å². The largest absolute Gasteiger partial charge is 0.495 e. The van der Waals surface area contributed by atoms with Crippen molar-refractivity contribution in [2.24, 2.45) is 5.92 Å². The Balaban J connectivity index is 2.07. The van der Waals surface area contributed by atoms with E-state index in [4.69, 9.17) is 24.1 Å². The number of carbonyl (C=O) groups excluding carboxylic acids is 1. The highest BCUT2D eigenvalue weighted by Crippen LogP contribution is 2.44. The Morgan fingerprint density at radius 1 is 1.19 bits per heavy atom. The lowest BCUT2D eigenvalue weighted by Crippen LogP contribution is -2.22. The second-order valence-electron chi connectivity index (χ2n) is 8.28. The molecule has 1 aliphatic heterocycles. The molecule has 8 heteroatoms. The Hall–Kier alpha value is -2.81. The Morgan fingerprint density at radius 3 is 2.59 bits per heavy atom. The minimum Gasteiger partial charge on any atom is -0.495 e. The minimum atomic E-state index is -1.05. The van der Waals surface area contributed by atoms with E-state index in [1.165, 1.54) is 7.11 Å². The van der Waals surface area contributed by atoms with E-state index in [-0.39, 0.29) is 36.2 Å². The molecule has 0 radical (unpaired) electrons. The molecule has 0 saturated heterocycles. The number of methoxy groups -OCH3 is 1. The summed E-state index contributed by atoms with van der Waals surface area (Å²) in [6.45, 7) is 5.22. The third kappa shape index (κ3) is 5.15. The van der Waals surface area contributed by atoms with Gasteiger partial charge in [-0.3, -0.25) is 0 Å². The van der Waals surface area contributed by atoms with Crippen LogP contribution >= 0.6 is 0 Å². The van der Waals surface area contributed by atoms with Gasteiger partial charge in [-0.2, -0.15) is 0 Å². The summed E-state index contributed by atoms with van der Waals surface area (Å²) in [5.74, 6) is 0.704. The number of aryl methyl sites for hydroxylation is 1. The average molecular weight is 446 g/mol. The van der Waals surface area contributed by atoms with Crippen LogP contribution < -0.4 is 14.2 Å². The number of fused-ring (bicyclic) bond motifs is 2. The first-order valence-electron chi connectivity index (χ1n) is 10.5. The average Bonchev–Trinajstić information content (AvgIpc) is 2.75. The molecule has 8 nitrogen and oxygen atoms in total. The molecular formula is C24H30O8. The molecule has 0 aliphatic carbocycles. The number of hydrogen-bond donors (Lipinski definition) is 3. The molecule has 2 atom stereocenters. The van der Waals surface area contributed by atoms with Crippen LogP contribution in [0, 0.1) is 12.8 Å². The van der Waals surface area contributed by atoms with Gasteiger partial charge in [-0.25, -0.2) is 4.79 Å². The highest BCUT2D eigenvalue weighted by Gasteiger charge is 2.30. The summed E-state index contributed by atoms with van der Waals surface area (Å²) in [5.41, 5.74) is 2.01. The molecule has 174 valence electrons. The van der Waals surface area contributed by atoms with Crippen LogP contribution in [0.3, 0.4) is 0 Å². The molecule has 0 bridgehead atoms. The number of cyclic esters (lactones) is 1. The Bertz CT molecular complexity index is 969. The fourth-order valence-electron chi connectivity index (χ4n) is 3.62. The second kappa shape index (κ2) is 10.2. The standard InChI is InChI=1S/C24H30O8/c1-13(2)7-18(27)17-5-6-19-21(23(17)29-4)24(28)31-11-15-8-14(3)9-20(22(15)32-19)30-12-16(26)10-25/h5-6,8-9,13,16,18,25-27H,7,10-12H2,1-4H3. The van der Waals surface area contributed by atoms with Gasteiger partial charge in [0.1, 0.15) is 36.4 Å². The van der Waals surface area contributed by atoms with Gasteiger partial charge in [0.15, 0.2) is 11.5 Å². The van der Waals surface area contributed by atoms with Gasteiger partial charge in [-0.1, -0.05) is 13.8 Å². The zero-order chi connectivity index (χ0) is 23.4. The SMILES string of the molecule is COc1c(C(O)CC(C)C)ccc2c1C(=O)OCc1cc(C)cc(OCC(O)CO)c1O2. The Morgan fingerprint density at radius 2 is 1.94 bits per heavy atom. The van der Waals surface area contributed by atoms with Gasteiger partial charge in [0.2, 0.25) is 0 Å². The highest BCUT2D eigenvalue weighted by atomic mass is 16.6. The van der Waals surface area contributed by atoms with E-state index in [9.17, 15) is 15.0 Å². The van der Waals surface area contributed by atoms with Crippen LogP contribution in [0.5, 0.6) is 23.0 Å². The van der Waals surface area contributed by atoms with Gasteiger partial charge in [-0.15, -0.1) is 0 Å². The summed E-state index contributed by atoms with van der Waals surface area (Å²) >= 11 is 0. The predicted octanol–water partition coefficient (Wildman–Crippen LogP) is 3.28. The van der Waals surface area contributed by atoms with Crippen molar-refractivity contribution in [2.75, 3.05) is 20.3 Å². The van der Waals surface area contributed by atoms with Crippen LogP contribution in [0.4, 0.5) is 0 Å². The summed E-state index contributed by atoms with van der Waals surface area (Å²) in [4.78, 5) is 12.9. The van der Waals surface area contributed by atoms with Crippen LogP contribution in [0.25, 0.3) is 0 Å². The van der Waals surface area contributed by atoms with Crippen molar-refractivity contribution in [3.8, 4) is 23.0 Å². The third-order valence-corrected chi connectivity index (χ3v) is 5.10. The Kier molecular flexibility index (Phi) is 7.60. The molecule has 1 heterocycles. The molecule has 0 fully saturated rings. The minimum absolute atomic E-state index is 0.0594. The maximum Gasteiger partial charge on any atom is 0.346 e. The summed E-state index contributed by atoms with van der Waals surface area (Å²) in [6, 6.07) is 6.83. The van der Waals surface area contributed by atoms with Crippen molar-refractivity contribution in [2.45, 2.75) is 46.0 Å². The number of rotatable bonds is 8. The van der Waals surface area contributed by atoms with Crippen LogP contribution in [-0.2, 0) is 11.3 Å².